The Morgan fingerprint density at radius 2 is 1.93 bits per heavy atom. The van der Waals surface area contributed by atoms with Crippen LogP contribution in [0.3, 0.4) is 0 Å². The highest BCUT2D eigenvalue weighted by Crippen LogP contribution is 2.43. The summed E-state index contributed by atoms with van der Waals surface area (Å²) in [5.74, 6) is -0.779. The lowest BCUT2D eigenvalue weighted by Gasteiger charge is -2.22. The molecule has 1 amide bonds. The van der Waals surface area contributed by atoms with Gasteiger partial charge in [-0.25, -0.2) is 0 Å². The van der Waals surface area contributed by atoms with Crippen molar-refractivity contribution in [2.24, 2.45) is 0 Å². The number of nitrogens with zero attached hydrogens (tertiary/aromatic N) is 1. The standard InChI is InChI=1S/C22H19NO4/c1-15-6-4-7-16(12-15)14-23-18-9-3-2-8-17(18)22(26,21(23)25)13-19(24)20-10-5-11-27-20/h2-12,26H,13-14H2,1H3. The molecule has 0 radical (unpaired) electrons. The molecule has 0 bridgehead atoms. The number of anilines is 1. The summed E-state index contributed by atoms with van der Waals surface area (Å²) in [4.78, 5) is 27.2. The van der Waals surface area contributed by atoms with E-state index in [0.29, 0.717) is 17.8 Å². The number of benzene rings is 2. The van der Waals surface area contributed by atoms with Gasteiger partial charge in [-0.3, -0.25) is 9.59 Å². The molecule has 0 aliphatic carbocycles. The van der Waals surface area contributed by atoms with Crippen LogP contribution in [0.25, 0.3) is 0 Å². The van der Waals surface area contributed by atoms with E-state index in [2.05, 4.69) is 0 Å². The van der Waals surface area contributed by atoms with Crippen LogP contribution in [0.1, 0.15) is 33.7 Å². The minimum Gasteiger partial charge on any atom is -0.461 e. The Morgan fingerprint density at radius 3 is 2.67 bits per heavy atom. The van der Waals surface area contributed by atoms with Crippen LogP contribution < -0.4 is 4.90 Å². The number of furan rings is 1. The molecule has 4 rings (SSSR count). The molecule has 1 aromatic heterocycles. The van der Waals surface area contributed by atoms with E-state index in [-0.39, 0.29) is 12.2 Å². The van der Waals surface area contributed by atoms with E-state index in [1.165, 1.54) is 12.3 Å². The molecule has 1 unspecified atom stereocenters. The lowest BCUT2D eigenvalue weighted by Crippen LogP contribution is -2.41. The highest BCUT2D eigenvalue weighted by Gasteiger charge is 2.51. The Morgan fingerprint density at radius 1 is 1.11 bits per heavy atom. The van der Waals surface area contributed by atoms with Crippen LogP contribution in [0.2, 0.25) is 0 Å². The van der Waals surface area contributed by atoms with E-state index in [0.717, 1.165) is 11.1 Å². The van der Waals surface area contributed by atoms with Crippen molar-refractivity contribution in [3.05, 3.63) is 89.4 Å². The van der Waals surface area contributed by atoms with Gasteiger partial charge < -0.3 is 14.4 Å². The average Bonchev–Trinajstić information content (AvgIpc) is 3.26. The van der Waals surface area contributed by atoms with Crippen molar-refractivity contribution in [3.8, 4) is 0 Å². The van der Waals surface area contributed by atoms with Crippen LogP contribution in [0.5, 0.6) is 0 Å². The van der Waals surface area contributed by atoms with E-state index in [4.69, 9.17) is 4.42 Å². The lowest BCUT2D eigenvalue weighted by atomic mass is 9.89. The summed E-state index contributed by atoms with van der Waals surface area (Å²) in [5.41, 5.74) is 1.22. The molecule has 5 nitrogen and oxygen atoms in total. The van der Waals surface area contributed by atoms with Gasteiger partial charge in [0.1, 0.15) is 0 Å². The zero-order valence-corrected chi connectivity index (χ0v) is 14.9. The highest BCUT2D eigenvalue weighted by atomic mass is 16.3. The van der Waals surface area contributed by atoms with Crippen molar-refractivity contribution in [1.29, 1.82) is 0 Å². The fourth-order valence-electron chi connectivity index (χ4n) is 3.58. The number of carbonyl (C=O) groups excluding carboxylic acids is 2. The normalized spacial score (nSPS) is 18.6. The minimum atomic E-state index is -1.90. The summed E-state index contributed by atoms with van der Waals surface area (Å²) >= 11 is 0. The van der Waals surface area contributed by atoms with Gasteiger partial charge in [-0.15, -0.1) is 0 Å². The third-order valence-corrected chi connectivity index (χ3v) is 4.87. The van der Waals surface area contributed by atoms with Gasteiger partial charge in [0.05, 0.1) is 24.9 Å². The van der Waals surface area contributed by atoms with Crippen molar-refractivity contribution in [2.45, 2.75) is 25.5 Å². The lowest BCUT2D eigenvalue weighted by molar-refractivity contribution is -0.136. The third kappa shape index (κ3) is 2.96. The second-order valence-electron chi connectivity index (χ2n) is 6.84. The molecule has 1 aliphatic heterocycles. The van der Waals surface area contributed by atoms with Gasteiger partial charge in [-0.1, -0.05) is 48.0 Å². The van der Waals surface area contributed by atoms with E-state index < -0.39 is 17.3 Å². The van der Waals surface area contributed by atoms with Crippen LogP contribution in [0.4, 0.5) is 5.69 Å². The van der Waals surface area contributed by atoms with Crippen LogP contribution in [-0.2, 0) is 16.9 Å². The van der Waals surface area contributed by atoms with Gasteiger partial charge in [0.2, 0.25) is 5.78 Å². The summed E-state index contributed by atoms with van der Waals surface area (Å²) < 4.78 is 5.12. The molecule has 1 atom stereocenters. The number of carbonyl (C=O) groups is 2. The van der Waals surface area contributed by atoms with Gasteiger partial charge in [0.15, 0.2) is 11.4 Å². The molecule has 1 N–H and O–H groups in total. The molecule has 2 aromatic carbocycles. The Labute approximate surface area is 156 Å². The summed E-state index contributed by atoms with van der Waals surface area (Å²) in [6.07, 6.45) is 1.03. The first-order valence-electron chi connectivity index (χ1n) is 8.75. The number of hydrogen-bond acceptors (Lipinski definition) is 4. The molecular formula is C22H19NO4. The van der Waals surface area contributed by atoms with Crippen LogP contribution in [0.15, 0.2) is 71.3 Å². The number of hydrogen-bond donors (Lipinski definition) is 1. The summed E-state index contributed by atoms with van der Waals surface area (Å²) in [6.45, 7) is 2.32. The number of aliphatic hydroxyl groups is 1. The van der Waals surface area contributed by atoms with Gasteiger partial charge in [-0.05, 0) is 30.7 Å². The number of rotatable bonds is 5. The number of fused-ring (bicyclic) bond motifs is 1. The zero-order chi connectivity index (χ0) is 19.0. The maximum Gasteiger partial charge on any atom is 0.264 e. The first kappa shape index (κ1) is 17.2. The van der Waals surface area contributed by atoms with Crippen LogP contribution in [0, 0.1) is 6.92 Å². The molecule has 2 heterocycles. The predicted molar refractivity (Wildman–Crippen MR) is 100 cm³/mol. The van der Waals surface area contributed by atoms with E-state index >= 15 is 0 Å². The van der Waals surface area contributed by atoms with Gasteiger partial charge >= 0.3 is 0 Å². The second-order valence-corrected chi connectivity index (χ2v) is 6.84. The SMILES string of the molecule is Cc1cccc(CN2C(=O)C(O)(CC(=O)c3ccco3)c3ccccc32)c1. The van der Waals surface area contributed by atoms with Crippen LogP contribution >= 0.6 is 0 Å². The molecule has 5 heteroatoms. The summed E-state index contributed by atoms with van der Waals surface area (Å²) in [7, 11) is 0. The maximum atomic E-state index is 13.2. The quantitative estimate of drug-likeness (QED) is 0.705. The number of aryl methyl sites for hydroxylation is 1. The largest absolute Gasteiger partial charge is 0.461 e. The summed E-state index contributed by atoms with van der Waals surface area (Å²) in [6, 6.07) is 18.0. The van der Waals surface area contributed by atoms with Crippen molar-refractivity contribution in [1.82, 2.24) is 0 Å². The highest BCUT2D eigenvalue weighted by molar-refractivity contribution is 6.10. The maximum absolute atomic E-state index is 13.2. The first-order valence-corrected chi connectivity index (χ1v) is 8.75. The second kappa shape index (κ2) is 6.52. The summed E-state index contributed by atoms with van der Waals surface area (Å²) in [5, 5.41) is 11.2. The molecule has 136 valence electrons. The van der Waals surface area contributed by atoms with Gasteiger partial charge in [0.25, 0.3) is 5.91 Å². The molecule has 0 saturated carbocycles. The predicted octanol–water partition coefficient (Wildman–Crippen LogP) is 3.60. The Kier molecular flexibility index (Phi) is 4.16. The molecule has 3 aromatic rings. The Bertz CT molecular complexity index is 1010. The van der Waals surface area contributed by atoms with Crippen molar-refractivity contribution in [2.75, 3.05) is 4.90 Å². The van der Waals surface area contributed by atoms with Crippen molar-refractivity contribution < 1.29 is 19.1 Å². The number of ketones is 1. The smallest absolute Gasteiger partial charge is 0.264 e. The average molecular weight is 361 g/mol. The molecular weight excluding hydrogens is 342 g/mol. The number of Topliss-reactive ketones (excluding diaryl/α,β-unsaturated/α-hetero) is 1. The Hall–Kier alpha value is -3.18. The van der Waals surface area contributed by atoms with Gasteiger partial charge in [0, 0.05) is 5.56 Å². The van der Waals surface area contributed by atoms with E-state index in [1.807, 2.05) is 37.3 Å². The molecule has 1 aliphatic rings. The monoisotopic (exact) mass is 361 g/mol. The first-order chi connectivity index (χ1) is 13.0. The van der Waals surface area contributed by atoms with Crippen LogP contribution in [-0.4, -0.2) is 16.8 Å². The zero-order valence-electron chi connectivity index (χ0n) is 14.9. The van der Waals surface area contributed by atoms with Crippen molar-refractivity contribution in [3.63, 3.8) is 0 Å². The fourth-order valence-corrected chi connectivity index (χ4v) is 3.58. The minimum absolute atomic E-state index is 0.130. The topological polar surface area (TPSA) is 70.8 Å². The molecule has 27 heavy (non-hydrogen) atoms. The van der Waals surface area contributed by atoms with E-state index in [9.17, 15) is 14.7 Å². The van der Waals surface area contributed by atoms with Gasteiger partial charge in [-0.2, -0.15) is 0 Å². The van der Waals surface area contributed by atoms with Crippen molar-refractivity contribution >= 4 is 17.4 Å². The number of amides is 1. The molecule has 0 spiro atoms. The molecule has 0 saturated heterocycles. The third-order valence-electron chi connectivity index (χ3n) is 4.87. The van der Waals surface area contributed by atoms with E-state index in [1.54, 1.807) is 29.2 Å². The number of para-hydroxylation sites is 1. The molecule has 0 fully saturated rings. The Balaban J connectivity index is 1.69. The fraction of sp³-hybridized carbons (Fsp3) is 0.182.